The molecule has 3 aromatic rings. The van der Waals surface area contributed by atoms with Crippen LogP contribution in [0.4, 0.5) is 11.4 Å². The van der Waals surface area contributed by atoms with Gasteiger partial charge in [0.2, 0.25) is 5.91 Å². The second kappa shape index (κ2) is 8.46. The summed E-state index contributed by atoms with van der Waals surface area (Å²) in [5.41, 5.74) is 0.843. The lowest BCUT2D eigenvalue weighted by Gasteiger charge is -2.06. The minimum Gasteiger partial charge on any atom is -0.325 e. The van der Waals surface area contributed by atoms with E-state index in [0.29, 0.717) is 5.69 Å². The average molecular weight is 380 g/mol. The van der Waals surface area contributed by atoms with E-state index >= 15 is 0 Å². The number of thioether (sulfide) groups is 1. The summed E-state index contributed by atoms with van der Waals surface area (Å²) in [4.78, 5) is 34.4. The number of nitro benzene ring substituents is 1. The first-order valence-electron chi connectivity index (χ1n) is 8.17. The van der Waals surface area contributed by atoms with Crippen LogP contribution >= 0.6 is 11.8 Å². The molecule has 6 nitrogen and oxygen atoms in total. The van der Waals surface area contributed by atoms with Gasteiger partial charge in [0.05, 0.1) is 16.4 Å². The SMILES string of the molecule is O=C(CSCC(=O)c1cccc([N+](=O)[O-])c1)Nc1ccc2ccccc2c1. The van der Waals surface area contributed by atoms with Crippen molar-refractivity contribution in [2.24, 2.45) is 0 Å². The van der Waals surface area contributed by atoms with Crippen molar-refractivity contribution in [3.63, 3.8) is 0 Å². The van der Waals surface area contributed by atoms with Crippen LogP contribution in [0.5, 0.6) is 0 Å². The number of anilines is 1. The molecule has 0 spiro atoms. The summed E-state index contributed by atoms with van der Waals surface area (Å²) >= 11 is 1.17. The predicted octanol–water partition coefficient (Wildman–Crippen LogP) is 4.30. The second-order valence-corrected chi connectivity index (χ2v) is 6.82. The van der Waals surface area contributed by atoms with Crippen LogP contribution in [0.1, 0.15) is 10.4 Å². The van der Waals surface area contributed by atoms with Gasteiger partial charge in [0.1, 0.15) is 0 Å². The van der Waals surface area contributed by atoms with Gasteiger partial charge in [0, 0.05) is 23.4 Å². The number of carbonyl (C=O) groups is 2. The van der Waals surface area contributed by atoms with Crippen molar-refractivity contribution in [3.05, 3.63) is 82.4 Å². The Labute approximate surface area is 159 Å². The van der Waals surface area contributed by atoms with Crippen molar-refractivity contribution in [3.8, 4) is 0 Å². The molecular formula is C20H16N2O4S. The zero-order valence-electron chi connectivity index (χ0n) is 14.3. The molecule has 0 saturated heterocycles. The first-order chi connectivity index (χ1) is 13.0. The zero-order valence-corrected chi connectivity index (χ0v) is 15.1. The first kappa shape index (κ1) is 18.6. The van der Waals surface area contributed by atoms with Gasteiger partial charge in [0.15, 0.2) is 5.78 Å². The zero-order chi connectivity index (χ0) is 19.2. The molecule has 0 atom stereocenters. The third kappa shape index (κ3) is 4.92. The largest absolute Gasteiger partial charge is 0.325 e. The number of amides is 1. The van der Waals surface area contributed by atoms with E-state index in [-0.39, 0.29) is 34.4 Å². The van der Waals surface area contributed by atoms with Crippen LogP contribution in [-0.4, -0.2) is 28.1 Å². The van der Waals surface area contributed by atoms with E-state index in [9.17, 15) is 19.7 Å². The summed E-state index contributed by atoms with van der Waals surface area (Å²) in [6, 6.07) is 19.1. The molecular weight excluding hydrogens is 364 g/mol. The summed E-state index contributed by atoms with van der Waals surface area (Å²) in [5, 5.41) is 15.7. The number of ketones is 1. The Morgan fingerprint density at radius 1 is 0.926 bits per heavy atom. The highest BCUT2D eigenvalue weighted by Gasteiger charge is 2.12. The monoisotopic (exact) mass is 380 g/mol. The van der Waals surface area contributed by atoms with Gasteiger partial charge < -0.3 is 5.32 Å². The van der Waals surface area contributed by atoms with Crippen LogP contribution in [0.2, 0.25) is 0 Å². The van der Waals surface area contributed by atoms with Crippen LogP contribution < -0.4 is 5.32 Å². The van der Waals surface area contributed by atoms with Crippen LogP contribution in [0.3, 0.4) is 0 Å². The Balaban J connectivity index is 1.52. The van der Waals surface area contributed by atoms with Gasteiger partial charge in [-0.05, 0) is 22.9 Å². The molecule has 0 fully saturated rings. The molecule has 0 bridgehead atoms. The molecule has 0 saturated carbocycles. The lowest BCUT2D eigenvalue weighted by molar-refractivity contribution is -0.384. The Morgan fingerprint density at radius 3 is 2.48 bits per heavy atom. The topological polar surface area (TPSA) is 89.3 Å². The molecule has 1 amide bonds. The Kier molecular flexibility index (Phi) is 5.83. The van der Waals surface area contributed by atoms with Crippen molar-refractivity contribution in [1.29, 1.82) is 0 Å². The van der Waals surface area contributed by atoms with E-state index in [1.54, 1.807) is 0 Å². The molecule has 1 N–H and O–H groups in total. The number of hydrogen-bond donors (Lipinski definition) is 1. The molecule has 27 heavy (non-hydrogen) atoms. The van der Waals surface area contributed by atoms with E-state index < -0.39 is 4.92 Å². The van der Waals surface area contributed by atoms with Gasteiger partial charge in [-0.1, -0.05) is 42.5 Å². The van der Waals surface area contributed by atoms with Gasteiger partial charge in [0.25, 0.3) is 5.69 Å². The first-order valence-corrected chi connectivity index (χ1v) is 9.32. The molecule has 3 rings (SSSR count). The molecule has 0 aliphatic heterocycles. The van der Waals surface area contributed by atoms with Gasteiger partial charge in [-0.3, -0.25) is 19.7 Å². The summed E-state index contributed by atoms with van der Waals surface area (Å²) in [6.07, 6.45) is 0. The fraction of sp³-hybridized carbons (Fsp3) is 0.100. The number of Topliss-reactive ketones (excluding diaryl/α,β-unsaturated/α-hetero) is 1. The number of hydrogen-bond acceptors (Lipinski definition) is 5. The lowest BCUT2D eigenvalue weighted by Crippen LogP contribution is -2.15. The number of non-ortho nitro benzene ring substituents is 1. The number of nitrogens with zero attached hydrogens (tertiary/aromatic N) is 1. The third-order valence-corrected chi connectivity index (χ3v) is 4.81. The summed E-state index contributed by atoms with van der Waals surface area (Å²) in [7, 11) is 0. The third-order valence-electron chi connectivity index (χ3n) is 3.88. The molecule has 0 aromatic heterocycles. The molecule has 7 heteroatoms. The molecule has 0 aliphatic rings. The number of fused-ring (bicyclic) bond motifs is 1. The van der Waals surface area contributed by atoms with Crippen molar-refractivity contribution < 1.29 is 14.5 Å². The van der Waals surface area contributed by atoms with Crippen LogP contribution in [0, 0.1) is 10.1 Å². The van der Waals surface area contributed by atoms with Crippen molar-refractivity contribution in [2.75, 3.05) is 16.8 Å². The highest BCUT2D eigenvalue weighted by Crippen LogP contribution is 2.19. The standard InChI is InChI=1S/C20H16N2O4S/c23-19(16-6-3-7-18(11-16)22(25)26)12-27-13-20(24)21-17-9-8-14-4-1-2-5-15(14)10-17/h1-11H,12-13H2,(H,21,24). The Bertz CT molecular complexity index is 1020. The van der Waals surface area contributed by atoms with Crippen LogP contribution in [0.15, 0.2) is 66.7 Å². The van der Waals surface area contributed by atoms with Gasteiger partial charge >= 0.3 is 0 Å². The number of rotatable bonds is 7. The number of nitro groups is 1. The van der Waals surface area contributed by atoms with E-state index in [0.717, 1.165) is 10.8 Å². The lowest BCUT2D eigenvalue weighted by atomic mass is 10.1. The summed E-state index contributed by atoms with van der Waals surface area (Å²) in [5.74, 6) is -0.260. The molecule has 0 radical (unpaired) electrons. The van der Waals surface area contributed by atoms with Crippen molar-refractivity contribution in [1.82, 2.24) is 0 Å². The smallest absolute Gasteiger partial charge is 0.270 e. The van der Waals surface area contributed by atoms with Crippen molar-refractivity contribution >= 4 is 45.6 Å². The number of carbonyl (C=O) groups excluding carboxylic acids is 2. The highest BCUT2D eigenvalue weighted by atomic mass is 32.2. The quantitative estimate of drug-likeness (QED) is 0.375. The maximum absolute atomic E-state index is 12.1. The van der Waals surface area contributed by atoms with E-state index in [4.69, 9.17) is 0 Å². The maximum Gasteiger partial charge on any atom is 0.270 e. The fourth-order valence-electron chi connectivity index (χ4n) is 2.58. The summed E-state index contributed by atoms with van der Waals surface area (Å²) < 4.78 is 0. The molecule has 136 valence electrons. The maximum atomic E-state index is 12.1. The second-order valence-electron chi connectivity index (χ2n) is 5.83. The van der Waals surface area contributed by atoms with Gasteiger partial charge in [-0.15, -0.1) is 11.8 Å². The minimum absolute atomic E-state index is 0.0757. The molecule has 0 heterocycles. The predicted molar refractivity (Wildman–Crippen MR) is 107 cm³/mol. The minimum atomic E-state index is -0.541. The molecule has 0 aliphatic carbocycles. The normalized spacial score (nSPS) is 10.5. The molecule has 3 aromatic carbocycles. The van der Waals surface area contributed by atoms with Crippen LogP contribution in [0.25, 0.3) is 10.8 Å². The van der Waals surface area contributed by atoms with Crippen LogP contribution in [-0.2, 0) is 4.79 Å². The Hall–Kier alpha value is -3.19. The molecule has 0 unspecified atom stereocenters. The van der Waals surface area contributed by atoms with Gasteiger partial charge in [-0.2, -0.15) is 0 Å². The average Bonchev–Trinajstić information content (AvgIpc) is 2.68. The van der Waals surface area contributed by atoms with E-state index in [2.05, 4.69) is 5.32 Å². The van der Waals surface area contributed by atoms with E-state index in [1.165, 1.54) is 36.0 Å². The van der Waals surface area contributed by atoms with Gasteiger partial charge in [-0.25, -0.2) is 0 Å². The number of benzene rings is 3. The highest BCUT2D eigenvalue weighted by molar-refractivity contribution is 8.00. The fourth-order valence-corrected chi connectivity index (χ4v) is 3.29. The van der Waals surface area contributed by atoms with Crippen molar-refractivity contribution in [2.45, 2.75) is 0 Å². The number of nitrogens with one attached hydrogen (secondary N) is 1. The summed E-state index contributed by atoms with van der Waals surface area (Å²) in [6.45, 7) is 0. The van der Waals surface area contributed by atoms with E-state index in [1.807, 2.05) is 42.5 Å². The Morgan fingerprint density at radius 2 is 1.70 bits per heavy atom.